The van der Waals surface area contributed by atoms with E-state index in [2.05, 4.69) is 15.1 Å². The second kappa shape index (κ2) is 6.47. The van der Waals surface area contributed by atoms with E-state index in [-0.39, 0.29) is 5.92 Å². The Labute approximate surface area is 137 Å². The lowest BCUT2D eigenvalue weighted by Crippen LogP contribution is -1.99. The van der Waals surface area contributed by atoms with Gasteiger partial charge in [0, 0.05) is 23.5 Å². The Kier molecular flexibility index (Phi) is 4.04. The predicted octanol–water partition coefficient (Wildman–Crippen LogP) is 3.28. The fourth-order valence-electron chi connectivity index (χ4n) is 2.44. The van der Waals surface area contributed by atoms with Gasteiger partial charge >= 0.3 is 0 Å². The van der Waals surface area contributed by atoms with Crippen molar-refractivity contribution < 1.29 is 14.0 Å². The van der Waals surface area contributed by atoms with Gasteiger partial charge in [0.15, 0.2) is 5.82 Å². The Bertz CT molecular complexity index is 766. The standard InChI is InChI=1S/C16H15N3O3S/c1-2-11(6-14(3-1)21-8-13-9-23-10-17-13)16-18-15(19-22-16)12-4-5-20-7-12/h1-3,6,9-10,12H,4-5,7-8H2. The molecule has 0 aliphatic carbocycles. The summed E-state index contributed by atoms with van der Waals surface area (Å²) < 4.78 is 16.5. The average molecular weight is 329 g/mol. The summed E-state index contributed by atoms with van der Waals surface area (Å²) in [5, 5.41) is 6.05. The molecule has 23 heavy (non-hydrogen) atoms. The number of thiazole rings is 1. The second-order valence-electron chi connectivity index (χ2n) is 5.31. The minimum Gasteiger partial charge on any atom is -0.487 e. The molecular formula is C16H15N3O3S. The summed E-state index contributed by atoms with van der Waals surface area (Å²) in [5.41, 5.74) is 3.56. The third kappa shape index (κ3) is 3.25. The first-order valence-electron chi connectivity index (χ1n) is 7.40. The molecular weight excluding hydrogens is 314 g/mol. The highest BCUT2D eigenvalue weighted by atomic mass is 32.1. The molecule has 2 aromatic heterocycles. The van der Waals surface area contributed by atoms with Crippen molar-refractivity contribution in [3.63, 3.8) is 0 Å². The van der Waals surface area contributed by atoms with Crippen LogP contribution in [-0.2, 0) is 11.3 Å². The van der Waals surface area contributed by atoms with Crippen LogP contribution in [0.15, 0.2) is 39.7 Å². The molecule has 118 valence electrons. The maximum atomic E-state index is 5.75. The van der Waals surface area contributed by atoms with Crippen molar-refractivity contribution >= 4 is 11.3 Å². The highest BCUT2D eigenvalue weighted by Crippen LogP contribution is 2.27. The molecule has 1 aliphatic rings. The Morgan fingerprint density at radius 1 is 1.35 bits per heavy atom. The van der Waals surface area contributed by atoms with Crippen LogP contribution < -0.4 is 4.74 Å². The summed E-state index contributed by atoms with van der Waals surface area (Å²) in [6, 6.07) is 7.64. The number of hydrogen-bond donors (Lipinski definition) is 0. The van der Waals surface area contributed by atoms with E-state index in [4.69, 9.17) is 14.0 Å². The molecule has 7 heteroatoms. The molecule has 0 spiro atoms. The molecule has 3 heterocycles. The van der Waals surface area contributed by atoms with E-state index < -0.39 is 0 Å². The molecule has 1 aromatic carbocycles. The van der Waals surface area contributed by atoms with Gasteiger partial charge in [-0.25, -0.2) is 4.98 Å². The highest BCUT2D eigenvalue weighted by Gasteiger charge is 2.23. The Morgan fingerprint density at radius 2 is 2.35 bits per heavy atom. The molecule has 1 fully saturated rings. The Morgan fingerprint density at radius 3 is 3.17 bits per heavy atom. The largest absolute Gasteiger partial charge is 0.487 e. The lowest BCUT2D eigenvalue weighted by molar-refractivity contribution is 0.192. The summed E-state index contributed by atoms with van der Waals surface area (Å²) in [5.74, 6) is 2.20. The Hall–Kier alpha value is -2.25. The average Bonchev–Trinajstić information content (AvgIpc) is 3.35. The van der Waals surface area contributed by atoms with Gasteiger partial charge in [-0.1, -0.05) is 11.2 Å². The van der Waals surface area contributed by atoms with Crippen molar-refractivity contribution in [2.75, 3.05) is 13.2 Å². The van der Waals surface area contributed by atoms with Crippen LogP contribution in [0.25, 0.3) is 11.5 Å². The fraction of sp³-hybridized carbons (Fsp3) is 0.312. The second-order valence-corrected chi connectivity index (χ2v) is 6.03. The first-order chi connectivity index (χ1) is 11.4. The van der Waals surface area contributed by atoms with Gasteiger partial charge in [-0.3, -0.25) is 0 Å². The van der Waals surface area contributed by atoms with Crippen molar-refractivity contribution in [3.8, 4) is 17.2 Å². The predicted molar refractivity (Wildman–Crippen MR) is 84.4 cm³/mol. The lowest BCUT2D eigenvalue weighted by atomic mass is 10.1. The maximum absolute atomic E-state index is 5.75. The van der Waals surface area contributed by atoms with Crippen molar-refractivity contribution in [2.45, 2.75) is 18.9 Å². The molecule has 0 bridgehead atoms. The zero-order valence-electron chi connectivity index (χ0n) is 12.3. The molecule has 1 saturated heterocycles. The maximum Gasteiger partial charge on any atom is 0.258 e. The lowest BCUT2D eigenvalue weighted by Gasteiger charge is -2.05. The van der Waals surface area contributed by atoms with Crippen LogP contribution in [0.1, 0.15) is 23.9 Å². The van der Waals surface area contributed by atoms with Gasteiger partial charge in [-0.15, -0.1) is 11.3 Å². The van der Waals surface area contributed by atoms with E-state index in [0.29, 0.717) is 24.9 Å². The van der Waals surface area contributed by atoms with E-state index in [9.17, 15) is 0 Å². The van der Waals surface area contributed by atoms with E-state index in [1.807, 2.05) is 29.6 Å². The molecule has 0 amide bonds. The van der Waals surface area contributed by atoms with Crippen LogP contribution in [0.2, 0.25) is 0 Å². The van der Waals surface area contributed by atoms with E-state index in [1.54, 1.807) is 16.8 Å². The van der Waals surface area contributed by atoms with Crippen molar-refractivity contribution in [3.05, 3.63) is 46.7 Å². The van der Waals surface area contributed by atoms with Crippen LogP contribution in [-0.4, -0.2) is 28.3 Å². The summed E-state index contributed by atoms with van der Waals surface area (Å²) in [6.07, 6.45) is 0.940. The molecule has 1 atom stereocenters. The fourth-order valence-corrected chi connectivity index (χ4v) is 2.98. The molecule has 6 nitrogen and oxygen atoms in total. The number of hydrogen-bond acceptors (Lipinski definition) is 7. The summed E-state index contributed by atoms with van der Waals surface area (Å²) in [4.78, 5) is 8.69. The number of ether oxygens (including phenoxy) is 2. The number of aromatic nitrogens is 3. The third-order valence-electron chi connectivity index (χ3n) is 3.69. The summed E-state index contributed by atoms with van der Waals surface area (Å²) in [7, 11) is 0. The minimum atomic E-state index is 0.233. The normalized spacial score (nSPS) is 17.5. The Balaban J connectivity index is 1.49. The SMILES string of the molecule is c1cc(OCc2cscn2)cc(-c2nc(C3CCOC3)no2)c1. The van der Waals surface area contributed by atoms with Crippen LogP contribution >= 0.6 is 11.3 Å². The summed E-state index contributed by atoms with van der Waals surface area (Å²) in [6.45, 7) is 1.87. The third-order valence-corrected chi connectivity index (χ3v) is 4.32. The van der Waals surface area contributed by atoms with Gasteiger partial charge in [0.05, 0.1) is 17.8 Å². The molecule has 4 rings (SSSR count). The molecule has 0 radical (unpaired) electrons. The van der Waals surface area contributed by atoms with Gasteiger partial charge in [0.1, 0.15) is 12.4 Å². The highest BCUT2D eigenvalue weighted by molar-refractivity contribution is 7.07. The van der Waals surface area contributed by atoms with Gasteiger partial charge in [-0.05, 0) is 24.6 Å². The van der Waals surface area contributed by atoms with E-state index >= 15 is 0 Å². The van der Waals surface area contributed by atoms with Crippen LogP contribution in [0, 0.1) is 0 Å². The molecule has 0 N–H and O–H groups in total. The van der Waals surface area contributed by atoms with E-state index in [1.165, 1.54) is 0 Å². The van der Waals surface area contributed by atoms with Gasteiger partial charge in [0.2, 0.25) is 0 Å². The minimum absolute atomic E-state index is 0.233. The molecule has 1 unspecified atom stereocenters. The van der Waals surface area contributed by atoms with Crippen molar-refractivity contribution in [2.24, 2.45) is 0 Å². The van der Waals surface area contributed by atoms with Crippen LogP contribution in [0.4, 0.5) is 0 Å². The molecule has 1 aliphatic heterocycles. The van der Waals surface area contributed by atoms with E-state index in [0.717, 1.165) is 30.0 Å². The molecule has 3 aromatic rings. The monoisotopic (exact) mass is 329 g/mol. The number of rotatable bonds is 5. The van der Waals surface area contributed by atoms with Crippen molar-refractivity contribution in [1.82, 2.24) is 15.1 Å². The number of nitrogens with zero attached hydrogens (tertiary/aromatic N) is 3. The van der Waals surface area contributed by atoms with Crippen molar-refractivity contribution in [1.29, 1.82) is 0 Å². The smallest absolute Gasteiger partial charge is 0.258 e. The zero-order chi connectivity index (χ0) is 15.5. The quantitative estimate of drug-likeness (QED) is 0.715. The molecule has 0 saturated carbocycles. The van der Waals surface area contributed by atoms with Gasteiger partial charge < -0.3 is 14.0 Å². The topological polar surface area (TPSA) is 70.3 Å². The van der Waals surface area contributed by atoms with Crippen LogP contribution in [0.3, 0.4) is 0 Å². The summed E-state index contributed by atoms with van der Waals surface area (Å²) >= 11 is 1.55. The van der Waals surface area contributed by atoms with Crippen LogP contribution in [0.5, 0.6) is 5.75 Å². The first-order valence-corrected chi connectivity index (χ1v) is 8.34. The van der Waals surface area contributed by atoms with Gasteiger partial charge in [0.25, 0.3) is 5.89 Å². The number of benzene rings is 1. The zero-order valence-corrected chi connectivity index (χ0v) is 13.2. The first kappa shape index (κ1) is 14.3. The van der Waals surface area contributed by atoms with Gasteiger partial charge in [-0.2, -0.15) is 4.98 Å².